The molecule has 0 bridgehead atoms. The number of pyridine rings is 1. The lowest BCUT2D eigenvalue weighted by Gasteiger charge is -2.43. The third-order valence-electron chi connectivity index (χ3n) is 7.08. The van der Waals surface area contributed by atoms with Crippen LogP contribution in [0.3, 0.4) is 0 Å². The lowest BCUT2D eigenvalue weighted by Crippen LogP contribution is -3.00. The molecule has 0 radical (unpaired) electrons. The van der Waals surface area contributed by atoms with Crippen LogP contribution in [0.4, 0.5) is 0 Å². The second-order valence-corrected chi connectivity index (χ2v) is 9.16. The molecule has 32 heavy (non-hydrogen) atoms. The predicted molar refractivity (Wildman–Crippen MR) is 126 cm³/mol. The number of halogens is 1. The van der Waals surface area contributed by atoms with Crippen LogP contribution in [-0.2, 0) is 13.0 Å². The number of aliphatic hydroxyl groups is 1. The molecular weight excluding hydrogens is 418 g/mol. The maximum atomic E-state index is 11.5. The van der Waals surface area contributed by atoms with Gasteiger partial charge in [-0.2, -0.15) is 0 Å². The molecule has 0 aliphatic heterocycles. The number of aliphatic hydroxyl groups excluding tert-OH is 1. The molecular formula is C28H36ClNO2. The zero-order valence-electron chi connectivity index (χ0n) is 19.4. The number of hydrogen-bond donors (Lipinski definition) is 1. The van der Waals surface area contributed by atoms with Crippen LogP contribution in [0.25, 0.3) is 10.9 Å². The van der Waals surface area contributed by atoms with E-state index in [1.165, 1.54) is 36.6 Å². The van der Waals surface area contributed by atoms with Gasteiger partial charge in [-0.05, 0) is 55.0 Å². The normalized spacial score (nSPS) is 16.9. The summed E-state index contributed by atoms with van der Waals surface area (Å²) in [7, 11) is 0. The Morgan fingerprint density at radius 2 is 1.72 bits per heavy atom. The molecule has 1 aliphatic carbocycles. The van der Waals surface area contributed by atoms with E-state index in [0.29, 0.717) is 6.61 Å². The van der Waals surface area contributed by atoms with Crippen molar-refractivity contribution in [2.45, 2.75) is 77.9 Å². The van der Waals surface area contributed by atoms with E-state index in [0.717, 1.165) is 48.2 Å². The molecule has 4 heteroatoms. The Bertz CT molecular complexity index is 1010. The first kappa shape index (κ1) is 24.5. The van der Waals surface area contributed by atoms with Gasteiger partial charge in [0.2, 0.25) is 11.2 Å². The number of nitrogens with one attached hydrogen (secondary N) is 1. The quantitative estimate of drug-likeness (QED) is 0.538. The van der Waals surface area contributed by atoms with Crippen LogP contribution in [0.2, 0.25) is 0 Å². The van der Waals surface area contributed by atoms with Gasteiger partial charge in [0.15, 0.2) is 6.61 Å². The summed E-state index contributed by atoms with van der Waals surface area (Å²) in [6, 6.07) is 18.7. The predicted octanol–water partition coefficient (Wildman–Crippen LogP) is 3.58. The Morgan fingerprint density at radius 1 is 0.969 bits per heavy atom. The standard InChI is InChI=1S/C28H35NO2.ClH/c1-3-5-17-28(18-6-4-2)19-16-23-24(27(28)30)11-9-13-26(23)31-20-22-15-14-21-10-7-8-12-25(21)29-22;/h7-15,27,30H,3-6,16-20H2,1-2H3;1H/t27-;/m0./s1. The van der Waals surface area contributed by atoms with Crippen molar-refractivity contribution in [3.8, 4) is 5.75 Å². The van der Waals surface area contributed by atoms with Crippen molar-refractivity contribution in [3.63, 3.8) is 0 Å². The highest BCUT2D eigenvalue weighted by Crippen LogP contribution is 2.52. The number of aromatic amines is 1. The van der Waals surface area contributed by atoms with E-state index in [9.17, 15) is 5.11 Å². The van der Waals surface area contributed by atoms with Crippen LogP contribution in [0.15, 0.2) is 54.6 Å². The fourth-order valence-electron chi connectivity index (χ4n) is 5.19. The van der Waals surface area contributed by atoms with Gasteiger partial charge in [-0.1, -0.05) is 63.8 Å². The lowest BCUT2D eigenvalue weighted by atomic mass is 9.64. The average Bonchev–Trinajstić information content (AvgIpc) is 2.82. The fraction of sp³-hybridized carbons (Fsp3) is 0.464. The molecule has 0 amide bonds. The Balaban J connectivity index is 0.00000289. The summed E-state index contributed by atoms with van der Waals surface area (Å²) in [5, 5.41) is 12.7. The van der Waals surface area contributed by atoms with Gasteiger partial charge in [0.1, 0.15) is 5.75 Å². The van der Waals surface area contributed by atoms with Gasteiger partial charge in [-0.15, -0.1) is 0 Å². The first-order valence-corrected chi connectivity index (χ1v) is 12.0. The van der Waals surface area contributed by atoms with E-state index < -0.39 is 6.10 Å². The average molecular weight is 454 g/mol. The number of para-hydroxylation sites is 1. The summed E-state index contributed by atoms with van der Waals surface area (Å²) in [6.07, 6.45) is 8.58. The molecule has 3 nitrogen and oxygen atoms in total. The molecule has 0 unspecified atom stereocenters. The smallest absolute Gasteiger partial charge is 0.218 e. The molecule has 0 fully saturated rings. The number of benzene rings is 2. The SMILES string of the molecule is CCCCC1(CCCC)CCc2c(OCc3ccc4ccccc4[nH+]3)cccc2[C@@H]1O.[Cl-]. The largest absolute Gasteiger partial charge is 1.00 e. The number of H-pyrrole nitrogens is 1. The highest BCUT2D eigenvalue weighted by atomic mass is 35.5. The number of ether oxygens (including phenoxy) is 1. The Hall–Kier alpha value is -2.10. The maximum absolute atomic E-state index is 11.5. The van der Waals surface area contributed by atoms with E-state index >= 15 is 0 Å². The van der Waals surface area contributed by atoms with Crippen LogP contribution in [0.1, 0.15) is 81.7 Å². The first-order chi connectivity index (χ1) is 15.2. The summed E-state index contributed by atoms with van der Waals surface area (Å²) in [6.45, 7) is 4.98. The number of aromatic nitrogens is 1. The third kappa shape index (κ3) is 5.10. The second kappa shape index (κ2) is 11.2. The van der Waals surface area contributed by atoms with E-state index in [4.69, 9.17) is 4.74 Å². The van der Waals surface area contributed by atoms with Crippen LogP contribution >= 0.6 is 0 Å². The highest BCUT2D eigenvalue weighted by Gasteiger charge is 2.42. The van der Waals surface area contributed by atoms with Crippen LogP contribution in [0, 0.1) is 5.41 Å². The first-order valence-electron chi connectivity index (χ1n) is 12.0. The molecule has 0 saturated heterocycles. The van der Waals surface area contributed by atoms with Gasteiger partial charge >= 0.3 is 0 Å². The number of hydrogen-bond acceptors (Lipinski definition) is 2. The molecule has 0 spiro atoms. The minimum absolute atomic E-state index is 0. The lowest BCUT2D eigenvalue weighted by molar-refractivity contribution is -0.362. The summed E-state index contributed by atoms with van der Waals surface area (Å²) in [5.41, 5.74) is 4.46. The van der Waals surface area contributed by atoms with E-state index in [1.807, 2.05) is 12.1 Å². The van der Waals surface area contributed by atoms with Gasteiger partial charge < -0.3 is 22.3 Å². The van der Waals surface area contributed by atoms with Crippen LogP contribution in [0.5, 0.6) is 5.75 Å². The van der Waals surface area contributed by atoms with Gasteiger partial charge in [0, 0.05) is 22.9 Å². The van der Waals surface area contributed by atoms with Crippen molar-refractivity contribution in [1.82, 2.24) is 0 Å². The zero-order valence-corrected chi connectivity index (χ0v) is 20.1. The molecule has 4 rings (SSSR count). The summed E-state index contributed by atoms with van der Waals surface area (Å²) in [4.78, 5) is 3.47. The van der Waals surface area contributed by atoms with E-state index in [-0.39, 0.29) is 17.8 Å². The summed E-state index contributed by atoms with van der Waals surface area (Å²) < 4.78 is 6.28. The minimum atomic E-state index is -0.398. The van der Waals surface area contributed by atoms with Crippen LogP contribution in [-0.4, -0.2) is 5.11 Å². The third-order valence-corrected chi connectivity index (χ3v) is 7.08. The van der Waals surface area contributed by atoms with E-state index in [1.54, 1.807) is 0 Å². The van der Waals surface area contributed by atoms with Crippen molar-refractivity contribution in [2.24, 2.45) is 5.41 Å². The molecule has 2 aromatic carbocycles. The summed E-state index contributed by atoms with van der Waals surface area (Å²) >= 11 is 0. The van der Waals surface area contributed by atoms with Crippen molar-refractivity contribution in [3.05, 3.63) is 71.4 Å². The van der Waals surface area contributed by atoms with Crippen LogP contribution < -0.4 is 22.1 Å². The Kier molecular flexibility index (Phi) is 8.56. The molecule has 1 aliphatic rings. The topological polar surface area (TPSA) is 43.6 Å². The van der Waals surface area contributed by atoms with Crippen molar-refractivity contribution >= 4 is 10.9 Å². The minimum Gasteiger partial charge on any atom is -1.00 e. The molecule has 1 aromatic heterocycles. The van der Waals surface area contributed by atoms with Crippen molar-refractivity contribution in [2.75, 3.05) is 0 Å². The zero-order chi connectivity index (χ0) is 21.7. The number of unbranched alkanes of at least 4 members (excludes halogenated alkanes) is 2. The monoisotopic (exact) mass is 453 g/mol. The number of fused-ring (bicyclic) bond motifs is 2. The Morgan fingerprint density at radius 3 is 2.47 bits per heavy atom. The second-order valence-electron chi connectivity index (χ2n) is 9.16. The number of rotatable bonds is 9. The molecule has 2 N–H and O–H groups in total. The maximum Gasteiger partial charge on any atom is 0.218 e. The highest BCUT2D eigenvalue weighted by molar-refractivity contribution is 5.74. The molecule has 0 saturated carbocycles. The van der Waals surface area contributed by atoms with Gasteiger partial charge in [-0.25, -0.2) is 4.98 Å². The van der Waals surface area contributed by atoms with Crippen molar-refractivity contribution in [1.29, 1.82) is 0 Å². The molecule has 3 aromatic rings. The fourth-order valence-corrected chi connectivity index (χ4v) is 5.19. The molecule has 1 heterocycles. The van der Waals surface area contributed by atoms with Gasteiger partial charge in [-0.3, -0.25) is 0 Å². The molecule has 1 atom stereocenters. The molecule has 172 valence electrons. The van der Waals surface area contributed by atoms with Crippen molar-refractivity contribution < 1.29 is 27.2 Å². The van der Waals surface area contributed by atoms with Gasteiger partial charge in [0.25, 0.3) is 0 Å². The Labute approximate surface area is 198 Å². The van der Waals surface area contributed by atoms with Gasteiger partial charge in [0.05, 0.1) is 6.10 Å². The summed E-state index contributed by atoms with van der Waals surface area (Å²) in [5.74, 6) is 0.915. The van der Waals surface area contributed by atoms with E-state index in [2.05, 4.69) is 61.3 Å².